The Balaban J connectivity index is 2.81. The van der Waals surface area contributed by atoms with Crippen molar-refractivity contribution in [1.82, 2.24) is 5.32 Å². The zero-order valence-corrected chi connectivity index (χ0v) is 10.2. The summed E-state index contributed by atoms with van der Waals surface area (Å²) in [6.07, 6.45) is 0. The van der Waals surface area contributed by atoms with Crippen molar-refractivity contribution >= 4 is 28.8 Å². The summed E-state index contributed by atoms with van der Waals surface area (Å²) in [5.74, 6) is -0.677. The Hall–Kier alpha value is -1.69. The van der Waals surface area contributed by atoms with Gasteiger partial charge in [0.2, 0.25) is 5.91 Å². The Kier molecular flexibility index (Phi) is 4.84. The van der Waals surface area contributed by atoms with Crippen LogP contribution in [0.2, 0.25) is 0 Å². The average Bonchev–Trinajstić information content (AvgIpc) is 2.26. The van der Waals surface area contributed by atoms with E-state index in [0.29, 0.717) is 12.2 Å². The van der Waals surface area contributed by atoms with Gasteiger partial charge in [0.15, 0.2) is 0 Å². The van der Waals surface area contributed by atoms with Crippen LogP contribution in [0.15, 0.2) is 18.2 Å². The lowest BCUT2D eigenvalue weighted by molar-refractivity contribution is -0.119. The zero-order chi connectivity index (χ0) is 12.8. The number of rotatable bonds is 5. The fourth-order valence-electron chi connectivity index (χ4n) is 1.36. The third-order valence-corrected chi connectivity index (χ3v) is 2.28. The minimum absolute atomic E-state index is 0.0403. The maximum Gasteiger partial charge on any atom is 0.239 e. The summed E-state index contributed by atoms with van der Waals surface area (Å²) in [5, 5.41) is 5.42. The number of likely N-dealkylation sites (N-methyl/N-ethyl adjacent to an activating group) is 1. The van der Waals surface area contributed by atoms with E-state index in [1.165, 1.54) is 12.1 Å². The van der Waals surface area contributed by atoms with Crippen LogP contribution in [0.3, 0.4) is 0 Å². The van der Waals surface area contributed by atoms with Crippen LogP contribution in [0, 0.1) is 5.82 Å². The molecule has 0 aromatic heterocycles. The van der Waals surface area contributed by atoms with Crippen molar-refractivity contribution < 1.29 is 9.18 Å². The fraction of sp³-hybridized carbons (Fsp3) is 0.273. The molecular weight excluding hydrogens is 241 g/mol. The second-order valence-corrected chi connectivity index (χ2v) is 3.77. The molecule has 1 aromatic carbocycles. The van der Waals surface area contributed by atoms with Gasteiger partial charge < -0.3 is 16.4 Å². The second-order valence-electron chi connectivity index (χ2n) is 3.33. The summed E-state index contributed by atoms with van der Waals surface area (Å²) in [6.45, 7) is 2.42. The number of hydrogen-bond acceptors (Lipinski definition) is 3. The Bertz CT molecular complexity index is 437. The lowest BCUT2D eigenvalue weighted by atomic mass is 10.1. The number of benzene rings is 1. The fourth-order valence-corrected chi connectivity index (χ4v) is 1.56. The van der Waals surface area contributed by atoms with Gasteiger partial charge in [0.25, 0.3) is 0 Å². The predicted molar refractivity (Wildman–Crippen MR) is 69.5 cm³/mol. The van der Waals surface area contributed by atoms with E-state index in [1.54, 1.807) is 6.07 Å². The van der Waals surface area contributed by atoms with Gasteiger partial charge >= 0.3 is 0 Å². The number of halogens is 1. The van der Waals surface area contributed by atoms with E-state index < -0.39 is 5.82 Å². The Morgan fingerprint density at radius 1 is 1.53 bits per heavy atom. The lowest BCUT2D eigenvalue weighted by Gasteiger charge is -2.11. The topological polar surface area (TPSA) is 67.2 Å². The van der Waals surface area contributed by atoms with Gasteiger partial charge in [-0.3, -0.25) is 4.79 Å². The van der Waals surface area contributed by atoms with Gasteiger partial charge in [-0.25, -0.2) is 4.39 Å². The second kappa shape index (κ2) is 6.15. The molecule has 0 radical (unpaired) electrons. The highest BCUT2D eigenvalue weighted by atomic mass is 32.1. The number of nitrogens with two attached hydrogens (primary N) is 1. The molecular formula is C11H14FN3OS. The summed E-state index contributed by atoms with van der Waals surface area (Å²) in [7, 11) is 0. The lowest BCUT2D eigenvalue weighted by Crippen LogP contribution is -2.30. The molecule has 0 bridgehead atoms. The zero-order valence-electron chi connectivity index (χ0n) is 9.42. The molecule has 0 atom stereocenters. The van der Waals surface area contributed by atoms with Crippen molar-refractivity contribution in [2.45, 2.75) is 6.92 Å². The molecule has 0 unspecified atom stereocenters. The van der Waals surface area contributed by atoms with Crippen LogP contribution in [0.5, 0.6) is 0 Å². The maximum atomic E-state index is 13.5. The van der Waals surface area contributed by atoms with Gasteiger partial charge in [0.1, 0.15) is 10.8 Å². The molecule has 0 aliphatic rings. The minimum Gasteiger partial charge on any atom is -0.389 e. The summed E-state index contributed by atoms with van der Waals surface area (Å²) in [5.41, 5.74) is 5.98. The van der Waals surface area contributed by atoms with E-state index in [2.05, 4.69) is 10.6 Å². The van der Waals surface area contributed by atoms with Crippen LogP contribution in [0.25, 0.3) is 0 Å². The van der Waals surface area contributed by atoms with Crippen molar-refractivity contribution in [3.8, 4) is 0 Å². The number of nitrogens with one attached hydrogen (secondary N) is 2. The van der Waals surface area contributed by atoms with Crippen molar-refractivity contribution in [3.63, 3.8) is 0 Å². The molecule has 1 amide bonds. The molecule has 4 nitrogen and oxygen atoms in total. The molecule has 0 aliphatic heterocycles. The minimum atomic E-state index is -0.501. The number of carbonyl (C=O) groups is 1. The largest absolute Gasteiger partial charge is 0.389 e. The van der Waals surface area contributed by atoms with Crippen LogP contribution < -0.4 is 16.4 Å². The monoisotopic (exact) mass is 255 g/mol. The van der Waals surface area contributed by atoms with E-state index in [0.717, 1.165) is 0 Å². The summed E-state index contributed by atoms with van der Waals surface area (Å²) < 4.78 is 13.5. The van der Waals surface area contributed by atoms with Gasteiger partial charge in [0.05, 0.1) is 12.1 Å². The van der Waals surface area contributed by atoms with Crippen LogP contribution >= 0.6 is 12.2 Å². The van der Waals surface area contributed by atoms with E-state index in [1.807, 2.05) is 6.92 Å². The number of amides is 1. The highest BCUT2D eigenvalue weighted by Gasteiger charge is 2.11. The van der Waals surface area contributed by atoms with Gasteiger partial charge in [-0.05, 0) is 19.1 Å². The number of hydrogen-bond donors (Lipinski definition) is 3. The van der Waals surface area contributed by atoms with Gasteiger partial charge in [-0.1, -0.05) is 18.3 Å². The number of carbonyl (C=O) groups excluding carboxylic acids is 1. The molecule has 0 spiro atoms. The standard InChI is InChI=1S/C11H14FN3OS/c1-2-14-9(16)6-15-8-5-3-4-7(12)10(8)11(13)17/h3-5,15H,2,6H2,1H3,(H2,13,17)(H,14,16). The Morgan fingerprint density at radius 3 is 2.82 bits per heavy atom. The highest BCUT2D eigenvalue weighted by Crippen LogP contribution is 2.18. The van der Waals surface area contributed by atoms with E-state index in [4.69, 9.17) is 18.0 Å². The van der Waals surface area contributed by atoms with Crippen LogP contribution in [0.1, 0.15) is 12.5 Å². The van der Waals surface area contributed by atoms with Crippen molar-refractivity contribution in [3.05, 3.63) is 29.6 Å². The van der Waals surface area contributed by atoms with E-state index in [-0.39, 0.29) is 23.0 Å². The summed E-state index contributed by atoms with van der Waals surface area (Å²) in [4.78, 5) is 11.2. The van der Waals surface area contributed by atoms with E-state index >= 15 is 0 Å². The summed E-state index contributed by atoms with van der Waals surface area (Å²) >= 11 is 4.77. The van der Waals surface area contributed by atoms with Crippen LogP contribution in [-0.2, 0) is 4.79 Å². The number of anilines is 1. The molecule has 17 heavy (non-hydrogen) atoms. The van der Waals surface area contributed by atoms with Gasteiger partial charge in [-0.2, -0.15) is 0 Å². The molecule has 0 saturated carbocycles. The quantitative estimate of drug-likeness (QED) is 0.687. The van der Waals surface area contributed by atoms with E-state index in [9.17, 15) is 9.18 Å². The van der Waals surface area contributed by atoms with Crippen LogP contribution in [0.4, 0.5) is 10.1 Å². The highest BCUT2D eigenvalue weighted by molar-refractivity contribution is 7.80. The first-order chi connectivity index (χ1) is 8.06. The van der Waals surface area contributed by atoms with Crippen molar-refractivity contribution in [2.75, 3.05) is 18.4 Å². The molecule has 1 aromatic rings. The number of thiocarbonyl (C=S) groups is 1. The molecule has 0 fully saturated rings. The maximum absolute atomic E-state index is 13.5. The first kappa shape index (κ1) is 13.4. The molecule has 1 rings (SSSR count). The predicted octanol–water partition coefficient (Wildman–Crippen LogP) is 1.01. The molecule has 0 heterocycles. The third-order valence-electron chi connectivity index (χ3n) is 2.07. The summed E-state index contributed by atoms with van der Waals surface area (Å²) in [6, 6.07) is 4.42. The third kappa shape index (κ3) is 3.67. The Morgan fingerprint density at radius 2 is 2.24 bits per heavy atom. The molecule has 0 saturated heterocycles. The Labute approximate surface area is 104 Å². The first-order valence-corrected chi connectivity index (χ1v) is 5.56. The molecule has 92 valence electrons. The normalized spacial score (nSPS) is 9.76. The SMILES string of the molecule is CCNC(=O)CNc1cccc(F)c1C(N)=S. The van der Waals surface area contributed by atoms with Gasteiger partial charge in [-0.15, -0.1) is 0 Å². The van der Waals surface area contributed by atoms with Crippen molar-refractivity contribution in [2.24, 2.45) is 5.73 Å². The first-order valence-electron chi connectivity index (χ1n) is 5.15. The smallest absolute Gasteiger partial charge is 0.239 e. The van der Waals surface area contributed by atoms with Gasteiger partial charge in [0, 0.05) is 12.2 Å². The molecule has 6 heteroatoms. The molecule has 0 aliphatic carbocycles. The van der Waals surface area contributed by atoms with Crippen molar-refractivity contribution in [1.29, 1.82) is 0 Å². The average molecular weight is 255 g/mol. The van der Waals surface area contributed by atoms with Crippen LogP contribution in [-0.4, -0.2) is 24.0 Å². The molecule has 4 N–H and O–H groups in total.